The Balaban J connectivity index is 2.41. The van der Waals surface area contributed by atoms with Crippen LogP contribution >= 0.6 is 0 Å². The van der Waals surface area contributed by atoms with Crippen molar-refractivity contribution in [2.24, 2.45) is 0 Å². The lowest BCUT2D eigenvalue weighted by Gasteiger charge is -2.30. The van der Waals surface area contributed by atoms with Crippen molar-refractivity contribution in [2.45, 2.75) is 44.8 Å². The van der Waals surface area contributed by atoms with E-state index < -0.39 is 0 Å². The van der Waals surface area contributed by atoms with Gasteiger partial charge in [0.1, 0.15) is 12.6 Å². The van der Waals surface area contributed by atoms with Crippen LogP contribution in [0.3, 0.4) is 0 Å². The van der Waals surface area contributed by atoms with Gasteiger partial charge in [-0.05, 0) is 19.3 Å². The first-order valence-corrected chi connectivity index (χ1v) is 5.98. The summed E-state index contributed by atoms with van der Waals surface area (Å²) in [6, 6.07) is 0. The van der Waals surface area contributed by atoms with Crippen LogP contribution in [0.25, 0.3) is 0 Å². The lowest BCUT2D eigenvalue weighted by Crippen LogP contribution is -2.39. The highest BCUT2D eigenvalue weighted by Gasteiger charge is 2.28. The van der Waals surface area contributed by atoms with E-state index in [0.29, 0.717) is 0 Å². The highest BCUT2D eigenvalue weighted by molar-refractivity contribution is 5.80. The summed E-state index contributed by atoms with van der Waals surface area (Å²) >= 11 is 0. The number of hydrogen-bond donors (Lipinski definition) is 0. The van der Waals surface area contributed by atoms with E-state index in [9.17, 15) is 9.59 Å². The molecule has 17 heavy (non-hydrogen) atoms. The molecular formula is C12H21NO4. The van der Waals surface area contributed by atoms with E-state index in [0.717, 1.165) is 25.7 Å². The maximum Gasteiger partial charge on any atom is 0.325 e. The molecule has 0 heterocycles. The molecule has 1 amide bonds. The van der Waals surface area contributed by atoms with Crippen molar-refractivity contribution in [1.29, 1.82) is 0 Å². The molecule has 0 radical (unpaired) electrons. The molecule has 1 aliphatic carbocycles. The van der Waals surface area contributed by atoms with Crippen LogP contribution in [0.4, 0.5) is 0 Å². The molecule has 0 aromatic rings. The summed E-state index contributed by atoms with van der Waals surface area (Å²) in [7, 11) is 3.22. The largest absolute Gasteiger partial charge is 0.458 e. The van der Waals surface area contributed by atoms with E-state index in [1.54, 1.807) is 14.2 Å². The van der Waals surface area contributed by atoms with E-state index in [1.165, 1.54) is 11.8 Å². The van der Waals surface area contributed by atoms with Crippen LogP contribution < -0.4 is 0 Å². The first-order valence-electron chi connectivity index (χ1n) is 5.98. The molecule has 0 unspecified atom stereocenters. The summed E-state index contributed by atoms with van der Waals surface area (Å²) in [5.74, 6) is -0.509. The highest BCUT2D eigenvalue weighted by Crippen LogP contribution is 2.23. The molecule has 1 saturated carbocycles. The van der Waals surface area contributed by atoms with Gasteiger partial charge in [0.25, 0.3) is 0 Å². The zero-order valence-corrected chi connectivity index (χ0v) is 10.8. The van der Waals surface area contributed by atoms with Crippen LogP contribution in [0, 0.1) is 0 Å². The number of esters is 1. The number of methoxy groups -OCH3 is 1. The number of carbonyl (C=O) groups excluding carboxylic acids is 2. The van der Waals surface area contributed by atoms with Gasteiger partial charge in [-0.3, -0.25) is 9.59 Å². The third-order valence-corrected chi connectivity index (χ3v) is 3.13. The van der Waals surface area contributed by atoms with Crippen molar-refractivity contribution in [3.63, 3.8) is 0 Å². The minimum Gasteiger partial charge on any atom is -0.458 e. The molecule has 2 atom stereocenters. The van der Waals surface area contributed by atoms with Gasteiger partial charge in [0.05, 0.1) is 6.10 Å². The highest BCUT2D eigenvalue weighted by atomic mass is 16.6. The Hall–Kier alpha value is -1.10. The summed E-state index contributed by atoms with van der Waals surface area (Å²) in [6.45, 7) is 1.42. The van der Waals surface area contributed by atoms with Gasteiger partial charge in [-0.15, -0.1) is 0 Å². The second kappa shape index (κ2) is 6.59. The van der Waals surface area contributed by atoms with E-state index in [4.69, 9.17) is 9.47 Å². The van der Waals surface area contributed by atoms with Crippen molar-refractivity contribution in [3.05, 3.63) is 0 Å². The first-order chi connectivity index (χ1) is 8.04. The predicted molar refractivity (Wildman–Crippen MR) is 62.5 cm³/mol. The van der Waals surface area contributed by atoms with Crippen LogP contribution in [0.5, 0.6) is 0 Å². The SMILES string of the molecule is CO[C@@H]1CCCC[C@@H]1OC(=O)CN(C)C(C)=O. The number of ether oxygens (including phenoxy) is 2. The van der Waals surface area contributed by atoms with Crippen molar-refractivity contribution in [1.82, 2.24) is 4.90 Å². The van der Waals surface area contributed by atoms with Crippen molar-refractivity contribution >= 4 is 11.9 Å². The predicted octanol–water partition coefficient (Wildman–Crippen LogP) is 0.965. The Bertz CT molecular complexity index is 280. The molecule has 5 heteroatoms. The fourth-order valence-corrected chi connectivity index (χ4v) is 1.98. The fraction of sp³-hybridized carbons (Fsp3) is 0.833. The normalized spacial score (nSPS) is 24.2. The quantitative estimate of drug-likeness (QED) is 0.690. The molecule has 1 fully saturated rings. The van der Waals surface area contributed by atoms with Crippen molar-refractivity contribution < 1.29 is 19.1 Å². The monoisotopic (exact) mass is 243 g/mol. The Morgan fingerprint density at radius 1 is 1.24 bits per heavy atom. The van der Waals surface area contributed by atoms with Crippen molar-refractivity contribution in [2.75, 3.05) is 20.7 Å². The summed E-state index contributed by atoms with van der Waals surface area (Å²) in [6.07, 6.45) is 3.77. The summed E-state index contributed by atoms with van der Waals surface area (Å²) in [5.41, 5.74) is 0. The van der Waals surface area contributed by atoms with Crippen LogP contribution in [-0.4, -0.2) is 49.7 Å². The number of nitrogens with zero attached hydrogens (tertiary/aromatic N) is 1. The molecule has 1 rings (SSSR count). The number of rotatable bonds is 4. The molecule has 0 aromatic carbocycles. The zero-order chi connectivity index (χ0) is 12.8. The zero-order valence-electron chi connectivity index (χ0n) is 10.8. The molecule has 0 bridgehead atoms. The van der Waals surface area contributed by atoms with E-state index in [2.05, 4.69) is 0 Å². The van der Waals surface area contributed by atoms with Crippen LogP contribution in [0.15, 0.2) is 0 Å². The lowest BCUT2D eigenvalue weighted by molar-refractivity contribution is -0.161. The molecule has 0 saturated heterocycles. The van der Waals surface area contributed by atoms with E-state index in [-0.39, 0.29) is 30.6 Å². The minimum absolute atomic E-state index is 0.00225. The summed E-state index contributed by atoms with van der Waals surface area (Å²) in [5, 5.41) is 0. The minimum atomic E-state index is -0.364. The van der Waals surface area contributed by atoms with Gasteiger partial charge in [-0.25, -0.2) is 0 Å². The van der Waals surface area contributed by atoms with Crippen LogP contribution in [-0.2, 0) is 19.1 Å². The summed E-state index contributed by atoms with van der Waals surface area (Å²) < 4.78 is 10.7. The molecule has 0 aliphatic heterocycles. The van der Waals surface area contributed by atoms with Gasteiger partial charge in [-0.2, -0.15) is 0 Å². The van der Waals surface area contributed by atoms with Crippen LogP contribution in [0.2, 0.25) is 0 Å². The average molecular weight is 243 g/mol. The Labute approximate surface area is 102 Å². The second-order valence-corrected chi connectivity index (χ2v) is 4.46. The van der Waals surface area contributed by atoms with E-state index >= 15 is 0 Å². The maximum absolute atomic E-state index is 11.6. The summed E-state index contributed by atoms with van der Waals surface area (Å²) in [4.78, 5) is 23.9. The lowest BCUT2D eigenvalue weighted by atomic mass is 9.94. The van der Waals surface area contributed by atoms with Gasteiger partial charge in [0, 0.05) is 21.1 Å². The van der Waals surface area contributed by atoms with Gasteiger partial charge in [0.2, 0.25) is 5.91 Å². The topological polar surface area (TPSA) is 55.8 Å². The number of amides is 1. The standard InChI is InChI=1S/C12H21NO4/c1-9(14)13(2)8-12(15)17-11-7-5-4-6-10(11)16-3/h10-11H,4-8H2,1-3H3/t10-,11+/m1/s1. The first kappa shape index (κ1) is 14.0. The number of likely N-dealkylation sites (N-methyl/N-ethyl adjacent to an activating group) is 1. The van der Waals surface area contributed by atoms with Gasteiger partial charge in [0.15, 0.2) is 0 Å². The van der Waals surface area contributed by atoms with Gasteiger partial charge >= 0.3 is 5.97 Å². The number of carbonyl (C=O) groups is 2. The molecule has 98 valence electrons. The molecule has 0 aromatic heterocycles. The Kier molecular flexibility index (Phi) is 5.41. The third kappa shape index (κ3) is 4.34. The molecular weight excluding hydrogens is 222 g/mol. The van der Waals surface area contributed by atoms with Gasteiger partial charge < -0.3 is 14.4 Å². The smallest absolute Gasteiger partial charge is 0.325 e. The Morgan fingerprint density at radius 2 is 1.82 bits per heavy atom. The fourth-order valence-electron chi connectivity index (χ4n) is 1.98. The average Bonchev–Trinajstić information content (AvgIpc) is 2.29. The molecule has 0 spiro atoms. The maximum atomic E-state index is 11.6. The van der Waals surface area contributed by atoms with Crippen LogP contribution in [0.1, 0.15) is 32.6 Å². The Morgan fingerprint density at radius 3 is 2.35 bits per heavy atom. The molecule has 5 nitrogen and oxygen atoms in total. The number of hydrogen-bond acceptors (Lipinski definition) is 4. The second-order valence-electron chi connectivity index (χ2n) is 4.46. The van der Waals surface area contributed by atoms with Gasteiger partial charge in [-0.1, -0.05) is 6.42 Å². The third-order valence-electron chi connectivity index (χ3n) is 3.13. The molecule has 0 N–H and O–H groups in total. The van der Waals surface area contributed by atoms with E-state index in [1.807, 2.05) is 0 Å². The molecule has 1 aliphatic rings. The van der Waals surface area contributed by atoms with Crippen molar-refractivity contribution in [3.8, 4) is 0 Å².